The summed E-state index contributed by atoms with van der Waals surface area (Å²) in [7, 11) is 3.28. The fourth-order valence-electron chi connectivity index (χ4n) is 2.84. The zero-order chi connectivity index (χ0) is 18.7. The van der Waals surface area contributed by atoms with Gasteiger partial charge in [-0.3, -0.25) is 0 Å². The Hall–Kier alpha value is -2.83. The Kier molecular flexibility index (Phi) is 4.97. The van der Waals surface area contributed by atoms with Crippen molar-refractivity contribution >= 4 is 16.9 Å². The minimum Gasteiger partial charge on any atom is -0.493 e. The minimum atomic E-state index is -0.132. The smallest absolute Gasteiger partial charge is 0.163 e. The van der Waals surface area contributed by atoms with Crippen molar-refractivity contribution in [2.45, 2.75) is 32.7 Å². The molecular formula is C19H25N5O2. The van der Waals surface area contributed by atoms with Gasteiger partial charge in [0.05, 0.1) is 31.3 Å². The molecule has 0 radical (unpaired) electrons. The lowest BCUT2D eigenvalue weighted by atomic mass is 10.1. The molecule has 0 fully saturated rings. The number of nitrogens with zero attached hydrogens (tertiary/aromatic N) is 4. The Bertz CT molecular complexity index is 899. The molecule has 7 nitrogen and oxygen atoms in total. The molecule has 26 heavy (non-hydrogen) atoms. The van der Waals surface area contributed by atoms with E-state index in [4.69, 9.17) is 9.47 Å². The lowest BCUT2D eigenvalue weighted by Crippen LogP contribution is -2.23. The second-order valence-corrected chi connectivity index (χ2v) is 7.05. The second kappa shape index (κ2) is 7.19. The molecule has 1 aromatic carbocycles. The number of fused-ring (bicyclic) bond motifs is 1. The SMILES string of the molecule is COc1ccc(CCNc2ncnc3c2cnn3C(C)(C)C)cc1OC. The molecular weight excluding hydrogens is 330 g/mol. The van der Waals surface area contributed by atoms with Crippen LogP contribution < -0.4 is 14.8 Å². The van der Waals surface area contributed by atoms with Gasteiger partial charge in [-0.1, -0.05) is 6.07 Å². The molecule has 7 heteroatoms. The molecule has 0 aliphatic carbocycles. The van der Waals surface area contributed by atoms with Crippen LogP contribution in [0.2, 0.25) is 0 Å². The third kappa shape index (κ3) is 3.56. The highest BCUT2D eigenvalue weighted by Crippen LogP contribution is 2.28. The van der Waals surface area contributed by atoms with Crippen LogP contribution in [0, 0.1) is 0 Å². The maximum atomic E-state index is 5.36. The highest BCUT2D eigenvalue weighted by Gasteiger charge is 2.19. The summed E-state index contributed by atoms with van der Waals surface area (Å²) in [6.45, 7) is 7.05. The van der Waals surface area contributed by atoms with Gasteiger partial charge in [0.25, 0.3) is 0 Å². The largest absolute Gasteiger partial charge is 0.493 e. The number of rotatable bonds is 6. The van der Waals surface area contributed by atoms with Crippen molar-refractivity contribution < 1.29 is 9.47 Å². The fourth-order valence-corrected chi connectivity index (χ4v) is 2.84. The van der Waals surface area contributed by atoms with Crippen LogP contribution >= 0.6 is 0 Å². The summed E-state index contributed by atoms with van der Waals surface area (Å²) in [5.74, 6) is 2.27. The first-order chi connectivity index (χ1) is 12.4. The Labute approximate surface area is 153 Å². The molecule has 0 spiro atoms. The van der Waals surface area contributed by atoms with Crippen molar-refractivity contribution in [3.05, 3.63) is 36.3 Å². The second-order valence-electron chi connectivity index (χ2n) is 7.05. The average Bonchev–Trinajstić information content (AvgIpc) is 3.07. The van der Waals surface area contributed by atoms with Crippen LogP contribution in [0.5, 0.6) is 11.5 Å². The van der Waals surface area contributed by atoms with Crippen LogP contribution in [-0.4, -0.2) is 40.5 Å². The van der Waals surface area contributed by atoms with E-state index in [1.54, 1.807) is 20.5 Å². The van der Waals surface area contributed by atoms with Gasteiger partial charge in [-0.2, -0.15) is 5.10 Å². The van der Waals surface area contributed by atoms with E-state index in [0.29, 0.717) is 0 Å². The van der Waals surface area contributed by atoms with E-state index in [9.17, 15) is 0 Å². The van der Waals surface area contributed by atoms with Gasteiger partial charge in [0.2, 0.25) is 0 Å². The number of hydrogen-bond acceptors (Lipinski definition) is 6. The van der Waals surface area contributed by atoms with E-state index in [1.807, 2.05) is 29.1 Å². The number of benzene rings is 1. The van der Waals surface area contributed by atoms with Crippen molar-refractivity contribution in [2.24, 2.45) is 0 Å². The lowest BCUT2D eigenvalue weighted by Gasteiger charge is -2.19. The first-order valence-corrected chi connectivity index (χ1v) is 8.58. The molecule has 0 unspecified atom stereocenters. The topological polar surface area (TPSA) is 74.1 Å². The van der Waals surface area contributed by atoms with Gasteiger partial charge in [-0.25, -0.2) is 14.6 Å². The summed E-state index contributed by atoms with van der Waals surface area (Å²) >= 11 is 0. The van der Waals surface area contributed by atoms with Gasteiger partial charge in [0, 0.05) is 6.54 Å². The molecule has 1 N–H and O–H groups in total. The highest BCUT2D eigenvalue weighted by molar-refractivity contribution is 5.86. The number of nitrogens with one attached hydrogen (secondary N) is 1. The van der Waals surface area contributed by atoms with Gasteiger partial charge in [-0.15, -0.1) is 0 Å². The van der Waals surface area contributed by atoms with E-state index in [-0.39, 0.29) is 5.54 Å². The number of anilines is 1. The highest BCUT2D eigenvalue weighted by atomic mass is 16.5. The molecule has 0 aliphatic heterocycles. The predicted molar refractivity (Wildman–Crippen MR) is 102 cm³/mol. The van der Waals surface area contributed by atoms with E-state index in [1.165, 1.54) is 0 Å². The predicted octanol–water partition coefficient (Wildman–Crippen LogP) is 3.25. The molecule has 0 saturated heterocycles. The first-order valence-electron chi connectivity index (χ1n) is 8.58. The third-order valence-electron chi connectivity index (χ3n) is 4.16. The molecule has 2 aromatic heterocycles. The summed E-state index contributed by atoms with van der Waals surface area (Å²) in [6, 6.07) is 5.95. The molecule has 138 valence electrons. The zero-order valence-corrected chi connectivity index (χ0v) is 15.9. The summed E-state index contributed by atoms with van der Waals surface area (Å²) < 4.78 is 12.6. The molecule has 0 saturated carbocycles. The van der Waals surface area contributed by atoms with Crippen LogP contribution in [0.1, 0.15) is 26.3 Å². The van der Waals surface area contributed by atoms with Crippen molar-refractivity contribution in [2.75, 3.05) is 26.1 Å². The van der Waals surface area contributed by atoms with Gasteiger partial charge in [-0.05, 0) is 44.9 Å². The first kappa shape index (κ1) is 18.0. The standard InChI is InChI=1S/C19H25N5O2/c1-19(2,3)24-18-14(11-23-24)17(21-12-22-18)20-9-8-13-6-7-15(25-4)16(10-13)26-5/h6-7,10-12H,8-9H2,1-5H3,(H,20,21,22). The van der Waals surface area contributed by atoms with Crippen LogP contribution in [-0.2, 0) is 12.0 Å². The summed E-state index contributed by atoms with van der Waals surface area (Å²) in [5, 5.41) is 8.80. The summed E-state index contributed by atoms with van der Waals surface area (Å²) in [5.41, 5.74) is 1.86. The molecule has 3 rings (SSSR count). The van der Waals surface area contributed by atoms with Gasteiger partial charge in [0.1, 0.15) is 12.1 Å². The number of methoxy groups -OCH3 is 2. The number of hydrogen-bond donors (Lipinski definition) is 1. The van der Waals surface area contributed by atoms with Crippen molar-refractivity contribution in [3.8, 4) is 11.5 Å². The molecule has 0 atom stereocenters. The average molecular weight is 355 g/mol. The van der Waals surface area contributed by atoms with E-state index in [0.717, 1.165) is 46.9 Å². The van der Waals surface area contributed by atoms with Crippen molar-refractivity contribution in [1.29, 1.82) is 0 Å². The van der Waals surface area contributed by atoms with Gasteiger partial charge < -0.3 is 14.8 Å². The van der Waals surface area contributed by atoms with Crippen molar-refractivity contribution in [3.63, 3.8) is 0 Å². The van der Waals surface area contributed by atoms with Crippen LogP contribution in [0.15, 0.2) is 30.7 Å². The van der Waals surface area contributed by atoms with E-state index >= 15 is 0 Å². The molecule has 0 bridgehead atoms. The molecule has 0 aliphatic rings. The van der Waals surface area contributed by atoms with E-state index < -0.39 is 0 Å². The Morgan fingerprint density at radius 1 is 1.08 bits per heavy atom. The quantitative estimate of drug-likeness (QED) is 0.732. The maximum Gasteiger partial charge on any atom is 0.163 e. The Balaban J connectivity index is 1.74. The van der Waals surface area contributed by atoms with Crippen molar-refractivity contribution in [1.82, 2.24) is 19.7 Å². The molecule has 2 heterocycles. The van der Waals surface area contributed by atoms with Gasteiger partial charge in [0.15, 0.2) is 17.1 Å². The van der Waals surface area contributed by atoms with Crippen LogP contribution in [0.4, 0.5) is 5.82 Å². The molecule has 0 amide bonds. The Morgan fingerprint density at radius 3 is 2.54 bits per heavy atom. The van der Waals surface area contributed by atoms with Crippen LogP contribution in [0.25, 0.3) is 11.0 Å². The summed E-state index contributed by atoms with van der Waals surface area (Å²) in [6.07, 6.45) is 4.23. The van der Waals surface area contributed by atoms with Gasteiger partial charge >= 0.3 is 0 Å². The monoisotopic (exact) mass is 355 g/mol. The number of ether oxygens (including phenoxy) is 2. The normalized spacial score (nSPS) is 11.6. The number of aromatic nitrogens is 4. The van der Waals surface area contributed by atoms with E-state index in [2.05, 4.69) is 41.2 Å². The third-order valence-corrected chi connectivity index (χ3v) is 4.16. The fraction of sp³-hybridized carbons (Fsp3) is 0.421. The summed E-state index contributed by atoms with van der Waals surface area (Å²) in [4.78, 5) is 8.77. The Morgan fingerprint density at radius 2 is 1.85 bits per heavy atom. The maximum absolute atomic E-state index is 5.36. The minimum absolute atomic E-state index is 0.132. The zero-order valence-electron chi connectivity index (χ0n) is 15.9. The lowest BCUT2D eigenvalue weighted by molar-refractivity contribution is 0.354. The van der Waals surface area contributed by atoms with Crippen LogP contribution in [0.3, 0.4) is 0 Å². The molecule has 3 aromatic rings.